The van der Waals surface area contributed by atoms with Crippen molar-refractivity contribution >= 4 is 28.6 Å². The van der Waals surface area contributed by atoms with E-state index in [9.17, 15) is 4.79 Å². The van der Waals surface area contributed by atoms with Gasteiger partial charge in [-0.3, -0.25) is 4.40 Å². The Morgan fingerprint density at radius 2 is 1.71 bits per heavy atom. The standard InChI is InChI=1S/C25H30N6O4/c1-16(2)35-25(32)27-13-9-8-12-26-22-24-30-29-23(17-10-6-5-7-11-17)31(24)19-15-21(34-4)20(33-3)14-18(19)28-22/h5-7,10-11,14-16H,8-9,12-13H2,1-4H3,(H,26,28)(H,27,32). The largest absolute Gasteiger partial charge is 0.493 e. The summed E-state index contributed by atoms with van der Waals surface area (Å²) in [6.07, 6.45) is 1.07. The fourth-order valence-corrected chi connectivity index (χ4v) is 3.76. The molecule has 0 atom stereocenters. The molecule has 2 aromatic carbocycles. The van der Waals surface area contributed by atoms with E-state index in [4.69, 9.17) is 19.2 Å². The van der Waals surface area contributed by atoms with Crippen LogP contribution in [0.15, 0.2) is 42.5 Å². The summed E-state index contributed by atoms with van der Waals surface area (Å²) in [5.41, 5.74) is 3.07. The molecular formula is C25H30N6O4. The molecule has 0 aliphatic carbocycles. The maximum Gasteiger partial charge on any atom is 0.407 e. The number of methoxy groups -OCH3 is 2. The first-order valence-corrected chi connectivity index (χ1v) is 11.6. The van der Waals surface area contributed by atoms with Gasteiger partial charge >= 0.3 is 6.09 Å². The van der Waals surface area contributed by atoms with Crippen molar-refractivity contribution < 1.29 is 19.0 Å². The zero-order valence-electron chi connectivity index (χ0n) is 20.4. The van der Waals surface area contributed by atoms with Crippen LogP contribution in [-0.4, -0.2) is 59.1 Å². The van der Waals surface area contributed by atoms with Crippen LogP contribution in [-0.2, 0) is 4.74 Å². The van der Waals surface area contributed by atoms with Crippen LogP contribution in [0.2, 0.25) is 0 Å². The number of hydrogen-bond donors (Lipinski definition) is 2. The average molecular weight is 479 g/mol. The molecule has 10 heteroatoms. The molecule has 2 N–H and O–H groups in total. The quantitative estimate of drug-likeness (QED) is 0.325. The van der Waals surface area contributed by atoms with Crippen LogP contribution >= 0.6 is 0 Å². The van der Waals surface area contributed by atoms with Gasteiger partial charge in [-0.1, -0.05) is 30.3 Å². The first kappa shape index (κ1) is 24.1. The van der Waals surface area contributed by atoms with Crippen LogP contribution in [0.3, 0.4) is 0 Å². The number of rotatable bonds is 10. The van der Waals surface area contributed by atoms with Crippen molar-refractivity contribution in [1.82, 2.24) is 24.9 Å². The molecule has 0 bridgehead atoms. The number of anilines is 1. The number of alkyl carbamates (subject to hydrolysis) is 1. The highest BCUT2D eigenvalue weighted by atomic mass is 16.6. The summed E-state index contributed by atoms with van der Waals surface area (Å²) in [4.78, 5) is 16.4. The van der Waals surface area contributed by atoms with Crippen molar-refractivity contribution in [3.63, 3.8) is 0 Å². The highest BCUT2D eigenvalue weighted by molar-refractivity contribution is 5.87. The Morgan fingerprint density at radius 3 is 2.43 bits per heavy atom. The van der Waals surface area contributed by atoms with Crippen LogP contribution in [0.5, 0.6) is 11.5 Å². The van der Waals surface area contributed by atoms with E-state index < -0.39 is 6.09 Å². The van der Waals surface area contributed by atoms with E-state index in [0.29, 0.717) is 47.4 Å². The van der Waals surface area contributed by atoms with Gasteiger partial charge in [0.1, 0.15) is 0 Å². The number of benzene rings is 2. The minimum Gasteiger partial charge on any atom is -0.493 e. The van der Waals surface area contributed by atoms with Crippen molar-refractivity contribution in [3.8, 4) is 22.9 Å². The number of carbonyl (C=O) groups is 1. The first-order chi connectivity index (χ1) is 17.0. The number of carbonyl (C=O) groups excluding carboxylic acids is 1. The van der Waals surface area contributed by atoms with E-state index in [1.807, 2.05) is 60.7 Å². The van der Waals surface area contributed by atoms with Crippen LogP contribution in [0.1, 0.15) is 26.7 Å². The fourth-order valence-electron chi connectivity index (χ4n) is 3.76. The number of ether oxygens (including phenoxy) is 3. The summed E-state index contributed by atoms with van der Waals surface area (Å²) >= 11 is 0. The van der Waals surface area contributed by atoms with E-state index in [-0.39, 0.29) is 6.10 Å². The Hall–Kier alpha value is -4.08. The van der Waals surface area contributed by atoms with Gasteiger partial charge in [0.15, 0.2) is 23.1 Å². The second kappa shape index (κ2) is 10.9. The highest BCUT2D eigenvalue weighted by Crippen LogP contribution is 2.34. The molecule has 0 saturated heterocycles. The molecule has 0 radical (unpaired) electrons. The van der Waals surface area contributed by atoms with Crippen LogP contribution in [0.4, 0.5) is 10.6 Å². The van der Waals surface area contributed by atoms with Gasteiger partial charge in [-0.05, 0) is 26.7 Å². The van der Waals surface area contributed by atoms with Crippen LogP contribution < -0.4 is 20.1 Å². The Bertz CT molecular complexity index is 1310. The third-order valence-electron chi connectivity index (χ3n) is 5.37. The summed E-state index contributed by atoms with van der Waals surface area (Å²) in [5.74, 6) is 2.51. The van der Waals surface area contributed by atoms with E-state index in [1.54, 1.807) is 14.2 Å². The number of fused-ring (bicyclic) bond motifs is 3. The second-order valence-corrected chi connectivity index (χ2v) is 8.22. The lowest BCUT2D eigenvalue weighted by Gasteiger charge is -2.13. The Labute approximate surface area is 203 Å². The second-order valence-electron chi connectivity index (χ2n) is 8.22. The van der Waals surface area contributed by atoms with Gasteiger partial charge in [-0.2, -0.15) is 0 Å². The third-order valence-corrected chi connectivity index (χ3v) is 5.37. The van der Waals surface area contributed by atoms with Gasteiger partial charge in [0.2, 0.25) is 5.65 Å². The predicted octanol–water partition coefficient (Wildman–Crippen LogP) is 4.29. The number of amides is 1. The summed E-state index contributed by atoms with van der Waals surface area (Å²) < 4.78 is 18.1. The Kier molecular flexibility index (Phi) is 7.49. The smallest absolute Gasteiger partial charge is 0.407 e. The van der Waals surface area contributed by atoms with E-state index in [2.05, 4.69) is 20.8 Å². The van der Waals surface area contributed by atoms with E-state index in [1.165, 1.54) is 0 Å². The van der Waals surface area contributed by atoms with Crippen molar-refractivity contribution in [2.45, 2.75) is 32.8 Å². The lowest BCUT2D eigenvalue weighted by Crippen LogP contribution is -2.27. The summed E-state index contributed by atoms with van der Waals surface area (Å²) in [7, 11) is 3.20. The summed E-state index contributed by atoms with van der Waals surface area (Å²) in [6.45, 7) is 4.82. The molecule has 1 amide bonds. The molecule has 10 nitrogen and oxygen atoms in total. The van der Waals surface area contributed by atoms with Gasteiger partial charge in [-0.15, -0.1) is 10.2 Å². The molecular weight excluding hydrogens is 448 g/mol. The number of hydrogen-bond acceptors (Lipinski definition) is 8. The lowest BCUT2D eigenvalue weighted by molar-refractivity contribution is 0.115. The normalized spacial score (nSPS) is 11.1. The highest BCUT2D eigenvalue weighted by Gasteiger charge is 2.18. The molecule has 0 aliphatic rings. The van der Waals surface area contributed by atoms with E-state index in [0.717, 1.165) is 23.9 Å². The van der Waals surface area contributed by atoms with Crippen molar-refractivity contribution in [3.05, 3.63) is 42.5 Å². The van der Waals surface area contributed by atoms with Gasteiger partial charge in [0.05, 0.1) is 31.4 Å². The molecule has 4 aromatic rings. The number of unbranched alkanes of at least 4 members (excludes halogenated alkanes) is 1. The lowest BCUT2D eigenvalue weighted by atomic mass is 10.2. The topological polar surface area (TPSA) is 112 Å². The molecule has 0 saturated carbocycles. The number of nitrogens with zero attached hydrogens (tertiary/aromatic N) is 4. The average Bonchev–Trinajstić information content (AvgIpc) is 3.31. The van der Waals surface area contributed by atoms with Crippen LogP contribution in [0, 0.1) is 0 Å². The van der Waals surface area contributed by atoms with Crippen molar-refractivity contribution in [2.24, 2.45) is 0 Å². The zero-order valence-corrected chi connectivity index (χ0v) is 20.4. The monoisotopic (exact) mass is 478 g/mol. The Balaban J connectivity index is 1.61. The minimum absolute atomic E-state index is 0.138. The molecule has 4 rings (SSSR count). The first-order valence-electron chi connectivity index (χ1n) is 11.6. The molecule has 0 spiro atoms. The number of nitrogens with one attached hydrogen (secondary N) is 2. The molecule has 184 valence electrons. The third kappa shape index (κ3) is 5.37. The van der Waals surface area contributed by atoms with Crippen LogP contribution in [0.25, 0.3) is 28.1 Å². The minimum atomic E-state index is -0.396. The predicted molar refractivity (Wildman–Crippen MR) is 134 cm³/mol. The fraction of sp³-hybridized carbons (Fsp3) is 0.360. The zero-order chi connectivity index (χ0) is 24.8. The summed E-state index contributed by atoms with van der Waals surface area (Å²) in [5, 5.41) is 15.1. The van der Waals surface area contributed by atoms with Crippen molar-refractivity contribution in [2.75, 3.05) is 32.6 Å². The molecule has 35 heavy (non-hydrogen) atoms. The SMILES string of the molecule is COc1cc2nc(NCCCCNC(=O)OC(C)C)c3nnc(-c4ccccc4)n3c2cc1OC. The molecule has 0 aliphatic heterocycles. The maximum absolute atomic E-state index is 11.6. The van der Waals surface area contributed by atoms with Gasteiger partial charge in [-0.25, -0.2) is 9.78 Å². The van der Waals surface area contributed by atoms with Gasteiger partial charge < -0.3 is 24.8 Å². The molecule has 0 unspecified atom stereocenters. The maximum atomic E-state index is 11.6. The summed E-state index contributed by atoms with van der Waals surface area (Å²) in [6, 6.07) is 13.6. The van der Waals surface area contributed by atoms with Crippen molar-refractivity contribution in [1.29, 1.82) is 0 Å². The molecule has 2 heterocycles. The molecule has 2 aromatic heterocycles. The van der Waals surface area contributed by atoms with E-state index >= 15 is 0 Å². The van der Waals surface area contributed by atoms with Gasteiger partial charge in [0, 0.05) is 30.8 Å². The van der Waals surface area contributed by atoms with Gasteiger partial charge in [0.25, 0.3) is 0 Å². The number of aromatic nitrogens is 4. The molecule has 0 fully saturated rings. The Morgan fingerprint density at radius 1 is 1.00 bits per heavy atom.